The molecule has 3 aromatic rings. The third-order valence-corrected chi connectivity index (χ3v) is 4.78. The van der Waals surface area contributed by atoms with Crippen molar-refractivity contribution in [3.63, 3.8) is 0 Å². The van der Waals surface area contributed by atoms with E-state index in [2.05, 4.69) is 65.5 Å². The van der Waals surface area contributed by atoms with Crippen LogP contribution in [0.3, 0.4) is 0 Å². The zero-order valence-corrected chi connectivity index (χ0v) is 12.9. The van der Waals surface area contributed by atoms with Gasteiger partial charge in [-0.05, 0) is 36.1 Å². The Labute approximate surface area is 128 Å². The van der Waals surface area contributed by atoms with Crippen molar-refractivity contribution in [3.8, 4) is 5.00 Å². The van der Waals surface area contributed by atoms with Crippen LogP contribution in [-0.2, 0) is 0 Å². The number of fused-ring (bicyclic) bond motifs is 1. The first-order chi connectivity index (χ1) is 9.79. The summed E-state index contributed by atoms with van der Waals surface area (Å²) in [5, 5.41) is 5.73. The molecule has 0 aliphatic heterocycles. The zero-order valence-electron chi connectivity index (χ0n) is 11.3. The highest BCUT2D eigenvalue weighted by atomic mass is 32.1. The average molecular weight is 300 g/mol. The van der Waals surface area contributed by atoms with Crippen LogP contribution in [0.25, 0.3) is 15.9 Å². The molecule has 2 aromatic heterocycles. The van der Waals surface area contributed by atoms with Crippen molar-refractivity contribution >= 4 is 39.4 Å². The van der Waals surface area contributed by atoms with Gasteiger partial charge in [0, 0.05) is 12.7 Å². The Morgan fingerprint density at radius 1 is 1.20 bits per heavy atom. The molecule has 0 saturated heterocycles. The summed E-state index contributed by atoms with van der Waals surface area (Å²) in [6.45, 7) is 3.07. The Morgan fingerprint density at radius 2 is 2.05 bits per heavy atom. The molecule has 20 heavy (non-hydrogen) atoms. The fourth-order valence-corrected chi connectivity index (χ4v) is 3.40. The van der Waals surface area contributed by atoms with Gasteiger partial charge in [-0.25, -0.2) is 0 Å². The predicted molar refractivity (Wildman–Crippen MR) is 91.1 cm³/mol. The van der Waals surface area contributed by atoms with Gasteiger partial charge in [0.1, 0.15) is 9.99 Å². The van der Waals surface area contributed by atoms with Crippen LogP contribution in [0.5, 0.6) is 0 Å². The van der Waals surface area contributed by atoms with Gasteiger partial charge in [-0.15, -0.1) is 11.3 Å². The predicted octanol–water partition coefficient (Wildman–Crippen LogP) is 4.37. The van der Waals surface area contributed by atoms with Gasteiger partial charge in [-0.1, -0.05) is 37.3 Å². The minimum absolute atomic E-state index is 0.847. The Hall–Kier alpha value is -1.65. The maximum atomic E-state index is 5.41. The van der Waals surface area contributed by atoms with E-state index in [4.69, 9.17) is 12.2 Å². The lowest BCUT2D eigenvalue weighted by molar-refractivity contribution is 0.849. The lowest BCUT2D eigenvalue weighted by Crippen LogP contribution is -2.21. The van der Waals surface area contributed by atoms with Gasteiger partial charge in [-0.2, -0.15) is 0 Å². The topological polar surface area (TPSA) is 17.0 Å². The molecule has 0 unspecified atom stereocenters. The summed E-state index contributed by atoms with van der Waals surface area (Å²) in [6.07, 6.45) is 3.20. The molecule has 0 radical (unpaired) electrons. The van der Waals surface area contributed by atoms with E-state index in [-0.39, 0.29) is 0 Å². The van der Waals surface area contributed by atoms with Gasteiger partial charge in [0.25, 0.3) is 0 Å². The SMILES string of the molecule is CCCNC(=S)c1ccc(-n2ccc3ccccc32)s1. The number of rotatable bonds is 4. The molecule has 2 heterocycles. The number of nitrogens with zero attached hydrogens (tertiary/aromatic N) is 1. The highest BCUT2D eigenvalue weighted by Crippen LogP contribution is 2.26. The minimum Gasteiger partial charge on any atom is -0.375 e. The summed E-state index contributed by atoms with van der Waals surface area (Å²) >= 11 is 7.14. The largest absolute Gasteiger partial charge is 0.375 e. The van der Waals surface area contributed by atoms with E-state index < -0.39 is 0 Å². The second-order valence-electron chi connectivity index (χ2n) is 4.64. The summed E-state index contributed by atoms with van der Waals surface area (Å²) in [6, 6.07) is 14.8. The third-order valence-electron chi connectivity index (χ3n) is 3.19. The summed E-state index contributed by atoms with van der Waals surface area (Å²) in [5.41, 5.74) is 1.23. The molecular weight excluding hydrogens is 284 g/mol. The summed E-state index contributed by atoms with van der Waals surface area (Å²) in [7, 11) is 0. The van der Waals surface area contributed by atoms with E-state index in [1.165, 1.54) is 15.9 Å². The molecule has 0 amide bonds. The lowest BCUT2D eigenvalue weighted by Gasteiger charge is -2.04. The van der Waals surface area contributed by atoms with E-state index in [0.717, 1.165) is 22.8 Å². The van der Waals surface area contributed by atoms with E-state index in [1.807, 2.05) is 0 Å². The van der Waals surface area contributed by atoms with E-state index >= 15 is 0 Å². The second-order valence-corrected chi connectivity index (χ2v) is 6.11. The van der Waals surface area contributed by atoms with Crippen LogP contribution in [0, 0.1) is 0 Å². The first-order valence-electron chi connectivity index (χ1n) is 6.74. The Bertz CT molecular complexity index is 740. The van der Waals surface area contributed by atoms with Crippen LogP contribution in [-0.4, -0.2) is 16.1 Å². The molecule has 1 N–H and O–H groups in total. The van der Waals surface area contributed by atoms with Crippen molar-refractivity contribution in [1.82, 2.24) is 9.88 Å². The maximum Gasteiger partial charge on any atom is 0.116 e. The fraction of sp³-hybridized carbons (Fsp3) is 0.188. The number of para-hydroxylation sites is 1. The van der Waals surface area contributed by atoms with Gasteiger partial charge in [-0.3, -0.25) is 0 Å². The van der Waals surface area contributed by atoms with Crippen molar-refractivity contribution in [2.24, 2.45) is 0 Å². The van der Waals surface area contributed by atoms with Crippen molar-refractivity contribution in [1.29, 1.82) is 0 Å². The van der Waals surface area contributed by atoms with Gasteiger partial charge < -0.3 is 9.88 Å². The molecule has 0 saturated carbocycles. The summed E-state index contributed by atoms with van der Waals surface area (Å²) in [5.74, 6) is 0. The Morgan fingerprint density at radius 3 is 2.90 bits per heavy atom. The Balaban J connectivity index is 1.92. The van der Waals surface area contributed by atoms with Crippen LogP contribution in [0.4, 0.5) is 0 Å². The normalized spacial score (nSPS) is 10.8. The first-order valence-corrected chi connectivity index (χ1v) is 7.96. The molecule has 4 heteroatoms. The maximum absolute atomic E-state index is 5.41. The van der Waals surface area contributed by atoms with Gasteiger partial charge >= 0.3 is 0 Å². The number of thiocarbonyl (C=S) groups is 1. The number of hydrogen-bond donors (Lipinski definition) is 1. The molecule has 0 atom stereocenters. The fourth-order valence-electron chi connectivity index (χ4n) is 2.18. The molecule has 3 rings (SSSR count). The smallest absolute Gasteiger partial charge is 0.116 e. The minimum atomic E-state index is 0.847. The zero-order chi connectivity index (χ0) is 13.9. The van der Waals surface area contributed by atoms with E-state index in [0.29, 0.717) is 0 Å². The average Bonchev–Trinajstić information content (AvgIpc) is 3.10. The van der Waals surface area contributed by atoms with E-state index in [1.54, 1.807) is 11.3 Å². The molecule has 0 fully saturated rings. The van der Waals surface area contributed by atoms with Crippen LogP contribution in [0.2, 0.25) is 0 Å². The molecule has 0 aliphatic rings. The van der Waals surface area contributed by atoms with Crippen LogP contribution in [0.15, 0.2) is 48.7 Å². The number of hydrogen-bond acceptors (Lipinski definition) is 2. The number of thiophene rings is 1. The molecule has 0 spiro atoms. The third kappa shape index (κ3) is 2.49. The van der Waals surface area contributed by atoms with Gasteiger partial charge in [0.2, 0.25) is 0 Å². The van der Waals surface area contributed by atoms with Crippen molar-refractivity contribution < 1.29 is 0 Å². The molecule has 102 valence electrons. The molecule has 1 aromatic carbocycles. The first kappa shape index (κ1) is 13.3. The number of benzene rings is 1. The van der Waals surface area contributed by atoms with Crippen molar-refractivity contribution in [2.45, 2.75) is 13.3 Å². The number of aromatic nitrogens is 1. The summed E-state index contributed by atoms with van der Waals surface area (Å²) < 4.78 is 2.21. The molecule has 2 nitrogen and oxygen atoms in total. The second kappa shape index (κ2) is 5.77. The van der Waals surface area contributed by atoms with Crippen LogP contribution in [0.1, 0.15) is 18.2 Å². The lowest BCUT2D eigenvalue weighted by atomic mass is 10.2. The molecule has 0 aliphatic carbocycles. The quantitative estimate of drug-likeness (QED) is 0.721. The van der Waals surface area contributed by atoms with Gasteiger partial charge in [0.15, 0.2) is 0 Å². The van der Waals surface area contributed by atoms with Crippen molar-refractivity contribution in [3.05, 3.63) is 53.5 Å². The Kier molecular flexibility index (Phi) is 3.85. The highest BCUT2D eigenvalue weighted by Gasteiger charge is 2.08. The number of nitrogens with one attached hydrogen (secondary N) is 1. The molecule has 0 bridgehead atoms. The van der Waals surface area contributed by atoms with E-state index in [9.17, 15) is 0 Å². The standard InChI is InChI=1S/C16H16N2S2/c1-2-10-17-16(19)14-7-8-15(20-14)18-11-9-12-5-3-4-6-13(12)18/h3-9,11H,2,10H2,1H3,(H,17,19). The van der Waals surface area contributed by atoms with Crippen LogP contribution < -0.4 is 5.32 Å². The summed E-state index contributed by atoms with van der Waals surface area (Å²) in [4.78, 5) is 1.97. The highest BCUT2D eigenvalue weighted by molar-refractivity contribution is 7.81. The van der Waals surface area contributed by atoms with Crippen molar-refractivity contribution in [2.75, 3.05) is 6.54 Å². The monoisotopic (exact) mass is 300 g/mol. The van der Waals surface area contributed by atoms with Gasteiger partial charge in [0.05, 0.1) is 10.4 Å². The molecular formula is C16H16N2S2. The van der Waals surface area contributed by atoms with Crippen LogP contribution >= 0.6 is 23.6 Å².